The van der Waals surface area contributed by atoms with Crippen molar-refractivity contribution in [1.29, 1.82) is 0 Å². The molecule has 0 aromatic rings. The fraction of sp³-hybridized carbons (Fsp3) is 1.00. The van der Waals surface area contributed by atoms with E-state index < -0.39 is 0 Å². The Morgan fingerprint density at radius 1 is 0.560 bits per heavy atom. The maximum Gasteiger partial charge on any atom is 0.0193 e. The summed E-state index contributed by atoms with van der Waals surface area (Å²) in [6.07, 6.45) is 26.2. The van der Waals surface area contributed by atoms with Crippen molar-refractivity contribution in [1.82, 2.24) is 10.6 Å². The summed E-state index contributed by atoms with van der Waals surface area (Å²) >= 11 is 0. The first-order valence-electron chi connectivity index (χ1n) is 11.9. The predicted molar refractivity (Wildman–Crippen MR) is 113 cm³/mol. The minimum atomic E-state index is 0.741. The molecule has 1 saturated heterocycles. The van der Waals surface area contributed by atoms with Gasteiger partial charge >= 0.3 is 0 Å². The van der Waals surface area contributed by atoms with E-state index in [9.17, 15) is 0 Å². The van der Waals surface area contributed by atoms with Crippen LogP contribution in [-0.4, -0.2) is 25.7 Å². The van der Waals surface area contributed by atoms with Gasteiger partial charge in [-0.05, 0) is 6.42 Å². The molecule has 1 fully saturated rings. The molecule has 2 nitrogen and oxygen atoms in total. The van der Waals surface area contributed by atoms with Crippen molar-refractivity contribution >= 4 is 0 Å². The molecule has 0 amide bonds. The Labute approximate surface area is 159 Å². The molecule has 2 heteroatoms. The fourth-order valence-corrected chi connectivity index (χ4v) is 4.03. The lowest BCUT2D eigenvalue weighted by Gasteiger charge is -2.24. The van der Waals surface area contributed by atoms with Gasteiger partial charge in [0.2, 0.25) is 0 Å². The highest BCUT2D eigenvalue weighted by Crippen LogP contribution is 2.14. The molecule has 1 aliphatic rings. The topological polar surface area (TPSA) is 24.1 Å². The Bertz CT molecular complexity index is 248. The lowest BCUT2D eigenvalue weighted by atomic mass is 10.0. The van der Waals surface area contributed by atoms with Gasteiger partial charge in [-0.3, -0.25) is 0 Å². The molecule has 1 atom stereocenters. The van der Waals surface area contributed by atoms with Gasteiger partial charge in [0.1, 0.15) is 0 Å². The quantitative estimate of drug-likeness (QED) is 0.272. The number of hydrogen-bond donors (Lipinski definition) is 2. The van der Waals surface area contributed by atoms with E-state index in [2.05, 4.69) is 17.6 Å². The second-order valence-electron chi connectivity index (χ2n) is 8.30. The smallest absolute Gasteiger partial charge is 0.0193 e. The summed E-state index contributed by atoms with van der Waals surface area (Å²) in [4.78, 5) is 0. The summed E-state index contributed by atoms with van der Waals surface area (Å²) in [6, 6.07) is 0.741. The van der Waals surface area contributed by atoms with Gasteiger partial charge in [-0.15, -0.1) is 0 Å². The number of rotatable bonds is 18. The van der Waals surface area contributed by atoms with E-state index in [0.717, 1.165) is 19.1 Å². The van der Waals surface area contributed by atoms with E-state index in [-0.39, 0.29) is 0 Å². The van der Waals surface area contributed by atoms with Crippen molar-refractivity contribution in [3.63, 3.8) is 0 Å². The molecule has 1 aliphatic heterocycles. The first-order chi connectivity index (χ1) is 12.4. The highest BCUT2D eigenvalue weighted by molar-refractivity contribution is 4.74. The van der Waals surface area contributed by atoms with Crippen molar-refractivity contribution in [2.75, 3.05) is 19.6 Å². The summed E-state index contributed by atoms with van der Waals surface area (Å²) in [5.41, 5.74) is 0. The first kappa shape index (κ1) is 23.0. The summed E-state index contributed by atoms with van der Waals surface area (Å²) in [5, 5.41) is 7.09. The zero-order valence-corrected chi connectivity index (χ0v) is 17.4. The molecule has 0 aromatic carbocycles. The van der Waals surface area contributed by atoms with Gasteiger partial charge in [-0.1, -0.05) is 116 Å². The molecule has 0 aromatic heterocycles. The van der Waals surface area contributed by atoms with Gasteiger partial charge in [0.15, 0.2) is 0 Å². The second-order valence-corrected chi connectivity index (χ2v) is 8.30. The van der Waals surface area contributed by atoms with Crippen LogP contribution in [0.2, 0.25) is 0 Å². The highest BCUT2D eigenvalue weighted by atomic mass is 15.0. The Hall–Kier alpha value is -0.0800. The van der Waals surface area contributed by atoms with Crippen LogP contribution < -0.4 is 10.6 Å². The number of hydrogen-bond acceptors (Lipinski definition) is 2. The average molecular weight is 353 g/mol. The van der Waals surface area contributed by atoms with Crippen molar-refractivity contribution < 1.29 is 0 Å². The monoisotopic (exact) mass is 352 g/mol. The molecular formula is C23H48N2. The van der Waals surface area contributed by atoms with Crippen LogP contribution in [0.1, 0.15) is 122 Å². The van der Waals surface area contributed by atoms with Crippen molar-refractivity contribution in [3.05, 3.63) is 0 Å². The Kier molecular flexibility index (Phi) is 17.2. The highest BCUT2D eigenvalue weighted by Gasteiger charge is 2.10. The van der Waals surface area contributed by atoms with Crippen LogP contribution in [0.3, 0.4) is 0 Å². The van der Waals surface area contributed by atoms with E-state index in [1.54, 1.807) is 0 Å². The molecule has 0 saturated carbocycles. The van der Waals surface area contributed by atoms with Gasteiger partial charge in [0.05, 0.1) is 0 Å². The number of unbranched alkanes of at least 4 members (excludes halogenated alkanes) is 16. The molecule has 0 radical (unpaired) electrons. The van der Waals surface area contributed by atoms with Gasteiger partial charge in [-0.2, -0.15) is 0 Å². The molecule has 0 bridgehead atoms. The maximum absolute atomic E-state index is 3.61. The molecule has 1 heterocycles. The van der Waals surface area contributed by atoms with Gasteiger partial charge in [-0.25, -0.2) is 0 Å². The van der Waals surface area contributed by atoms with Gasteiger partial charge in [0, 0.05) is 25.7 Å². The van der Waals surface area contributed by atoms with E-state index in [1.807, 2.05) is 0 Å². The fourth-order valence-electron chi connectivity index (χ4n) is 4.03. The van der Waals surface area contributed by atoms with Crippen LogP contribution in [0.25, 0.3) is 0 Å². The van der Waals surface area contributed by atoms with Crippen molar-refractivity contribution in [2.24, 2.45) is 0 Å². The largest absolute Gasteiger partial charge is 0.314 e. The lowest BCUT2D eigenvalue weighted by Crippen LogP contribution is -2.48. The summed E-state index contributed by atoms with van der Waals surface area (Å²) < 4.78 is 0. The third-order valence-electron chi connectivity index (χ3n) is 5.78. The summed E-state index contributed by atoms with van der Waals surface area (Å²) in [6.45, 7) is 5.78. The van der Waals surface area contributed by atoms with Crippen LogP contribution in [0, 0.1) is 0 Å². The Morgan fingerprint density at radius 2 is 1.00 bits per heavy atom. The summed E-state index contributed by atoms with van der Waals surface area (Å²) in [7, 11) is 0. The van der Waals surface area contributed by atoms with Gasteiger partial charge in [0.25, 0.3) is 0 Å². The van der Waals surface area contributed by atoms with Crippen LogP contribution in [0.4, 0.5) is 0 Å². The van der Waals surface area contributed by atoms with E-state index >= 15 is 0 Å². The second kappa shape index (κ2) is 18.7. The molecule has 0 aliphatic carbocycles. The van der Waals surface area contributed by atoms with Crippen LogP contribution in [0.15, 0.2) is 0 Å². The van der Waals surface area contributed by atoms with Crippen molar-refractivity contribution in [3.8, 4) is 0 Å². The average Bonchev–Trinajstić information content (AvgIpc) is 2.65. The Morgan fingerprint density at radius 3 is 1.40 bits per heavy atom. The number of piperazine rings is 1. The predicted octanol–water partition coefficient (Wildman–Crippen LogP) is 6.59. The zero-order valence-electron chi connectivity index (χ0n) is 17.4. The number of nitrogens with one attached hydrogen (secondary N) is 2. The van der Waals surface area contributed by atoms with E-state index in [4.69, 9.17) is 0 Å². The normalized spacial score (nSPS) is 17.9. The standard InChI is InChI=1S/C23H48N2/c1-2-3-4-5-6-7-8-9-10-11-12-13-14-15-16-17-18-19-23-22-24-20-21-25-23/h23-25H,2-22H2,1H3. The minimum absolute atomic E-state index is 0.741. The molecule has 1 rings (SSSR count). The molecular weight excluding hydrogens is 304 g/mol. The van der Waals surface area contributed by atoms with Crippen LogP contribution in [0.5, 0.6) is 0 Å². The minimum Gasteiger partial charge on any atom is -0.314 e. The molecule has 150 valence electrons. The first-order valence-corrected chi connectivity index (χ1v) is 11.9. The van der Waals surface area contributed by atoms with Crippen molar-refractivity contribution in [2.45, 2.75) is 129 Å². The van der Waals surface area contributed by atoms with E-state index in [0.29, 0.717) is 0 Å². The Balaban J connectivity index is 1.65. The SMILES string of the molecule is CCCCCCCCCCCCCCCCCCCC1CNCCN1. The third-order valence-corrected chi connectivity index (χ3v) is 5.78. The molecule has 1 unspecified atom stereocenters. The lowest BCUT2D eigenvalue weighted by molar-refractivity contribution is 0.386. The third kappa shape index (κ3) is 15.9. The molecule has 2 N–H and O–H groups in total. The molecule has 25 heavy (non-hydrogen) atoms. The van der Waals surface area contributed by atoms with Crippen LogP contribution >= 0.6 is 0 Å². The zero-order chi connectivity index (χ0) is 17.8. The summed E-state index contributed by atoms with van der Waals surface area (Å²) in [5.74, 6) is 0. The van der Waals surface area contributed by atoms with E-state index in [1.165, 1.54) is 122 Å². The molecule has 0 spiro atoms. The van der Waals surface area contributed by atoms with Gasteiger partial charge < -0.3 is 10.6 Å². The maximum atomic E-state index is 3.61. The van der Waals surface area contributed by atoms with Crippen LogP contribution in [-0.2, 0) is 0 Å².